The number of aryl methyl sites for hydroxylation is 3. The number of aromatic nitrogens is 2. The molecule has 1 aromatic carbocycles. The zero-order chi connectivity index (χ0) is 16.4. The van der Waals surface area contributed by atoms with Gasteiger partial charge in [0.2, 0.25) is 5.95 Å². The summed E-state index contributed by atoms with van der Waals surface area (Å²) in [6, 6.07) is 4.40. The molecule has 1 aromatic heterocycles. The average molecular weight is 302 g/mol. The molecule has 22 heavy (non-hydrogen) atoms. The van der Waals surface area contributed by atoms with Crippen LogP contribution in [0.5, 0.6) is 0 Å². The Labute approximate surface area is 129 Å². The molecule has 0 unspecified atom stereocenters. The van der Waals surface area contributed by atoms with Crippen molar-refractivity contribution in [2.24, 2.45) is 0 Å². The molecule has 0 aliphatic rings. The fraction of sp³-hybridized carbons (Fsp3) is 0.312. The van der Waals surface area contributed by atoms with Crippen molar-refractivity contribution >= 4 is 17.5 Å². The summed E-state index contributed by atoms with van der Waals surface area (Å²) < 4.78 is 13.6. The van der Waals surface area contributed by atoms with Gasteiger partial charge in [0.15, 0.2) is 0 Å². The summed E-state index contributed by atoms with van der Waals surface area (Å²) in [5, 5.41) is 2.76. The maximum atomic E-state index is 13.6. The molecular weight excluding hydrogens is 283 g/mol. The van der Waals surface area contributed by atoms with E-state index in [4.69, 9.17) is 0 Å². The van der Waals surface area contributed by atoms with E-state index in [9.17, 15) is 9.18 Å². The van der Waals surface area contributed by atoms with Gasteiger partial charge in [-0.1, -0.05) is 6.07 Å². The standard InChI is InChI=1S/C16H19FN4O/c1-9-6-7-12(8-13(9)17)15(22)20-14-10(2)18-16(21(4)5)19-11(14)3/h6-8H,1-5H3,(H,20,22). The van der Waals surface area contributed by atoms with Gasteiger partial charge in [0.1, 0.15) is 5.82 Å². The van der Waals surface area contributed by atoms with Gasteiger partial charge >= 0.3 is 0 Å². The van der Waals surface area contributed by atoms with E-state index in [1.54, 1.807) is 37.8 Å². The zero-order valence-electron chi connectivity index (χ0n) is 13.4. The van der Waals surface area contributed by atoms with Crippen molar-refractivity contribution < 1.29 is 9.18 Å². The van der Waals surface area contributed by atoms with Crippen molar-refractivity contribution in [3.05, 3.63) is 46.5 Å². The molecule has 0 saturated heterocycles. The molecule has 0 bridgehead atoms. The van der Waals surface area contributed by atoms with Crippen LogP contribution in [0.15, 0.2) is 18.2 Å². The molecule has 1 heterocycles. The highest BCUT2D eigenvalue weighted by molar-refractivity contribution is 6.04. The van der Waals surface area contributed by atoms with Crippen molar-refractivity contribution in [1.82, 2.24) is 9.97 Å². The van der Waals surface area contributed by atoms with Crippen LogP contribution in [-0.2, 0) is 0 Å². The van der Waals surface area contributed by atoms with E-state index in [1.165, 1.54) is 6.07 Å². The van der Waals surface area contributed by atoms with E-state index in [-0.39, 0.29) is 11.5 Å². The highest BCUT2D eigenvalue weighted by Gasteiger charge is 2.14. The molecule has 0 atom stereocenters. The van der Waals surface area contributed by atoms with Crippen LogP contribution in [0.2, 0.25) is 0 Å². The van der Waals surface area contributed by atoms with E-state index in [0.29, 0.717) is 28.6 Å². The lowest BCUT2D eigenvalue weighted by Crippen LogP contribution is -2.18. The zero-order valence-corrected chi connectivity index (χ0v) is 13.4. The Bertz CT molecular complexity index is 705. The lowest BCUT2D eigenvalue weighted by molar-refractivity contribution is 0.102. The van der Waals surface area contributed by atoms with Gasteiger partial charge in [0.05, 0.1) is 17.1 Å². The second-order valence-corrected chi connectivity index (χ2v) is 5.38. The molecule has 0 aliphatic heterocycles. The minimum atomic E-state index is -0.403. The van der Waals surface area contributed by atoms with Crippen LogP contribution in [0.25, 0.3) is 0 Å². The predicted molar refractivity (Wildman–Crippen MR) is 84.9 cm³/mol. The van der Waals surface area contributed by atoms with Crippen LogP contribution in [0.3, 0.4) is 0 Å². The Balaban J connectivity index is 2.30. The minimum absolute atomic E-state index is 0.263. The average Bonchev–Trinajstić information content (AvgIpc) is 2.45. The first-order valence-electron chi connectivity index (χ1n) is 6.89. The van der Waals surface area contributed by atoms with E-state index in [0.717, 1.165) is 0 Å². The second kappa shape index (κ2) is 6.09. The topological polar surface area (TPSA) is 58.1 Å². The molecule has 2 rings (SSSR count). The number of rotatable bonds is 3. The summed E-state index contributed by atoms with van der Waals surface area (Å²) >= 11 is 0. The van der Waals surface area contributed by atoms with Crippen LogP contribution < -0.4 is 10.2 Å². The Morgan fingerprint density at radius 1 is 1.14 bits per heavy atom. The first kappa shape index (κ1) is 15.9. The first-order valence-corrected chi connectivity index (χ1v) is 6.89. The van der Waals surface area contributed by atoms with E-state index in [1.807, 2.05) is 14.1 Å². The van der Waals surface area contributed by atoms with Gasteiger partial charge in [-0.2, -0.15) is 0 Å². The molecule has 1 N–H and O–H groups in total. The second-order valence-electron chi connectivity index (χ2n) is 5.38. The Morgan fingerprint density at radius 3 is 2.23 bits per heavy atom. The predicted octanol–water partition coefficient (Wildman–Crippen LogP) is 2.86. The fourth-order valence-electron chi connectivity index (χ4n) is 2.00. The van der Waals surface area contributed by atoms with Crippen molar-refractivity contribution in [2.45, 2.75) is 20.8 Å². The molecule has 0 radical (unpaired) electrons. The molecule has 0 fully saturated rings. The van der Waals surface area contributed by atoms with Crippen molar-refractivity contribution in [3.8, 4) is 0 Å². The Hall–Kier alpha value is -2.50. The number of nitrogens with one attached hydrogen (secondary N) is 1. The van der Waals surface area contributed by atoms with Crippen molar-refractivity contribution in [1.29, 1.82) is 0 Å². The van der Waals surface area contributed by atoms with E-state index >= 15 is 0 Å². The molecule has 2 aromatic rings. The van der Waals surface area contributed by atoms with Gasteiger partial charge in [-0.25, -0.2) is 14.4 Å². The number of hydrogen-bond donors (Lipinski definition) is 1. The SMILES string of the molecule is Cc1ccc(C(=O)Nc2c(C)nc(N(C)C)nc2C)cc1F. The number of carbonyl (C=O) groups is 1. The molecule has 0 aliphatic carbocycles. The van der Waals surface area contributed by atoms with Crippen LogP contribution in [0.4, 0.5) is 16.0 Å². The van der Waals surface area contributed by atoms with Gasteiger partial charge in [-0.05, 0) is 38.5 Å². The molecule has 5 nitrogen and oxygen atoms in total. The monoisotopic (exact) mass is 302 g/mol. The quantitative estimate of drug-likeness (QED) is 0.947. The summed E-state index contributed by atoms with van der Waals surface area (Å²) in [4.78, 5) is 22.7. The van der Waals surface area contributed by atoms with Crippen molar-refractivity contribution in [2.75, 3.05) is 24.3 Å². The number of benzene rings is 1. The van der Waals surface area contributed by atoms with Crippen molar-refractivity contribution in [3.63, 3.8) is 0 Å². The third kappa shape index (κ3) is 3.21. The number of carbonyl (C=O) groups excluding carboxylic acids is 1. The number of anilines is 2. The summed E-state index contributed by atoms with van der Waals surface area (Å²) in [7, 11) is 3.70. The number of nitrogens with zero attached hydrogens (tertiary/aromatic N) is 3. The molecule has 0 spiro atoms. The minimum Gasteiger partial charge on any atom is -0.347 e. The number of halogens is 1. The summed E-state index contributed by atoms with van der Waals surface area (Å²) in [5.41, 5.74) is 2.65. The van der Waals surface area contributed by atoms with Gasteiger partial charge in [-0.15, -0.1) is 0 Å². The molecule has 6 heteroatoms. The summed E-state index contributed by atoms with van der Waals surface area (Å²) in [6.07, 6.45) is 0. The highest BCUT2D eigenvalue weighted by atomic mass is 19.1. The highest BCUT2D eigenvalue weighted by Crippen LogP contribution is 2.20. The van der Waals surface area contributed by atoms with Crippen LogP contribution in [0.1, 0.15) is 27.3 Å². The van der Waals surface area contributed by atoms with Crippen LogP contribution >= 0.6 is 0 Å². The first-order chi connectivity index (χ1) is 10.3. The van der Waals surface area contributed by atoms with Gasteiger partial charge in [-0.3, -0.25) is 4.79 Å². The Kier molecular flexibility index (Phi) is 4.40. The number of hydrogen-bond acceptors (Lipinski definition) is 4. The van der Waals surface area contributed by atoms with Gasteiger partial charge in [0, 0.05) is 19.7 Å². The lowest BCUT2D eigenvalue weighted by Gasteiger charge is -2.15. The number of amides is 1. The van der Waals surface area contributed by atoms with Crippen LogP contribution in [0, 0.1) is 26.6 Å². The smallest absolute Gasteiger partial charge is 0.255 e. The van der Waals surface area contributed by atoms with Gasteiger partial charge < -0.3 is 10.2 Å². The summed E-state index contributed by atoms with van der Waals surface area (Å²) in [5.74, 6) is -0.207. The Morgan fingerprint density at radius 2 is 1.73 bits per heavy atom. The van der Waals surface area contributed by atoms with E-state index < -0.39 is 5.82 Å². The normalized spacial score (nSPS) is 10.5. The maximum Gasteiger partial charge on any atom is 0.255 e. The molecule has 0 saturated carbocycles. The third-order valence-electron chi connectivity index (χ3n) is 3.33. The summed E-state index contributed by atoms with van der Waals surface area (Å²) in [6.45, 7) is 5.25. The fourth-order valence-corrected chi connectivity index (χ4v) is 2.00. The molecular formula is C16H19FN4O. The molecule has 116 valence electrons. The van der Waals surface area contributed by atoms with E-state index in [2.05, 4.69) is 15.3 Å². The third-order valence-corrected chi connectivity index (χ3v) is 3.33. The lowest BCUT2D eigenvalue weighted by atomic mass is 10.1. The van der Waals surface area contributed by atoms with Gasteiger partial charge in [0.25, 0.3) is 5.91 Å². The maximum absolute atomic E-state index is 13.6. The largest absolute Gasteiger partial charge is 0.347 e. The van der Waals surface area contributed by atoms with Crippen LogP contribution in [-0.4, -0.2) is 30.0 Å². The molecule has 1 amide bonds.